The van der Waals surface area contributed by atoms with E-state index in [0.29, 0.717) is 13.1 Å². The van der Waals surface area contributed by atoms with Crippen molar-refractivity contribution in [1.29, 1.82) is 0 Å². The second-order valence-corrected chi connectivity index (χ2v) is 11.8. The van der Waals surface area contributed by atoms with Crippen LogP contribution in [0.4, 0.5) is 0 Å². The highest BCUT2D eigenvalue weighted by atomic mass is 31.2. The molecule has 0 aromatic carbocycles. The molecule has 5 N–H and O–H groups in total. The van der Waals surface area contributed by atoms with Gasteiger partial charge in [0.15, 0.2) is 0 Å². The topological polar surface area (TPSA) is 162 Å². The first-order valence-corrected chi connectivity index (χ1v) is 13.2. The minimum atomic E-state index is -4.27. The minimum absolute atomic E-state index is 0.0828. The molecule has 144 valence electrons. The summed E-state index contributed by atoms with van der Waals surface area (Å²) in [5.74, 6) is 0. The Hall–Kier alpha value is 0.370. The van der Waals surface area contributed by atoms with Gasteiger partial charge in [0.1, 0.15) is 12.6 Å². The molecule has 11 nitrogen and oxygen atoms in total. The van der Waals surface area contributed by atoms with E-state index in [1.807, 2.05) is 0 Å². The maximum atomic E-state index is 11.6. The molecule has 0 bridgehead atoms. The first-order valence-electron chi connectivity index (χ1n) is 7.29. The molecule has 1 saturated heterocycles. The average Bonchev–Trinajstić information content (AvgIpc) is 2.39. The molecular weight excluding hydrogens is 383 g/mol. The van der Waals surface area contributed by atoms with Crippen molar-refractivity contribution in [2.24, 2.45) is 0 Å². The van der Waals surface area contributed by atoms with E-state index in [2.05, 4.69) is 0 Å². The number of rotatable bonds is 6. The highest BCUT2D eigenvalue weighted by Gasteiger charge is 2.26. The fourth-order valence-corrected chi connectivity index (χ4v) is 5.13. The third-order valence-electron chi connectivity index (χ3n) is 3.43. The summed E-state index contributed by atoms with van der Waals surface area (Å²) in [6, 6.07) is 0. The molecule has 1 aliphatic heterocycles. The van der Waals surface area contributed by atoms with Crippen LogP contribution in [0.1, 0.15) is 0 Å². The molecule has 1 aliphatic rings. The molecule has 14 heteroatoms. The Morgan fingerprint density at radius 1 is 0.625 bits per heavy atom. The second-order valence-electron chi connectivity index (χ2n) is 6.16. The lowest BCUT2D eigenvalue weighted by molar-refractivity contribution is 0.231. The van der Waals surface area contributed by atoms with Crippen LogP contribution in [0.25, 0.3) is 0 Å². The minimum Gasteiger partial charge on any atom is -0.344 e. The quantitative estimate of drug-likeness (QED) is 0.343. The Bertz CT molecular complexity index is 455. The molecule has 0 radical (unpaired) electrons. The first kappa shape index (κ1) is 22.4. The predicted molar refractivity (Wildman–Crippen MR) is 89.2 cm³/mol. The van der Waals surface area contributed by atoms with Gasteiger partial charge in [-0.15, -0.1) is 0 Å². The SMILES string of the molecule is CP(=O)(O)CN1CCN(CP(=O)(O)O)CCN(CP(=O)(O)O)CC1. The fraction of sp³-hybridized carbons (Fsp3) is 1.00. The van der Waals surface area contributed by atoms with Crippen LogP contribution >= 0.6 is 22.6 Å². The fourth-order valence-electron chi connectivity index (χ4n) is 2.50. The number of hydrogen-bond acceptors (Lipinski definition) is 6. The molecule has 1 atom stereocenters. The second kappa shape index (κ2) is 8.84. The van der Waals surface area contributed by atoms with Crippen molar-refractivity contribution >= 4 is 22.6 Å². The number of nitrogens with zero attached hydrogens (tertiary/aromatic N) is 3. The zero-order valence-electron chi connectivity index (χ0n) is 13.5. The van der Waals surface area contributed by atoms with Crippen LogP contribution in [0.5, 0.6) is 0 Å². The lowest BCUT2D eigenvalue weighted by atomic mass is 10.5. The summed E-state index contributed by atoms with van der Waals surface area (Å²) in [6.45, 7) is 2.94. The van der Waals surface area contributed by atoms with Gasteiger partial charge in [-0.25, -0.2) is 0 Å². The van der Waals surface area contributed by atoms with E-state index in [0.717, 1.165) is 0 Å². The zero-order valence-corrected chi connectivity index (χ0v) is 16.2. The molecule has 0 aliphatic carbocycles. The van der Waals surface area contributed by atoms with Gasteiger partial charge in [-0.3, -0.25) is 28.4 Å². The molecule has 0 spiro atoms. The molecule has 24 heavy (non-hydrogen) atoms. The molecule has 0 aromatic heterocycles. The molecule has 1 unspecified atom stereocenters. The van der Waals surface area contributed by atoms with Crippen molar-refractivity contribution < 1.29 is 38.2 Å². The van der Waals surface area contributed by atoms with Crippen LogP contribution in [-0.2, 0) is 13.7 Å². The van der Waals surface area contributed by atoms with E-state index < -0.39 is 35.1 Å². The van der Waals surface area contributed by atoms with E-state index in [1.54, 1.807) is 4.90 Å². The van der Waals surface area contributed by atoms with Gasteiger partial charge in [-0.1, -0.05) is 0 Å². The molecule has 0 saturated carbocycles. The van der Waals surface area contributed by atoms with Gasteiger partial charge < -0.3 is 24.5 Å². The molecule has 1 heterocycles. The maximum Gasteiger partial charge on any atom is 0.339 e. The molecular formula is C10H26N3O8P3. The van der Waals surface area contributed by atoms with Crippen LogP contribution in [0.3, 0.4) is 0 Å². The van der Waals surface area contributed by atoms with E-state index in [1.165, 1.54) is 16.5 Å². The van der Waals surface area contributed by atoms with Gasteiger partial charge in [0.25, 0.3) is 0 Å². The largest absolute Gasteiger partial charge is 0.344 e. The van der Waals surface area contributed by atoms with Crippen LogP contribution in [0.2, 0.25) is 0 Å². The van der Waals surface area contributed by atoms with E-state index in [4.69, 9.17) is 19.6 Å². The monoisotopic (exact) mass is 409 g/mol. The zero-order chi connectivity index (χ0) is 18.6. The number of hydrogen-bond donors (Lipinski definition) is 5. The van der Waals surface area contributed by atoms with Gasteiger partial charge in [-0.05, 0) is 0 Å². The van der Waals surface area contributed by atoms with Crippen molar-refractivity contribution in [3.8, 4) is 0 Å². The van der Waals surface area contributed by atoms with E-state index in [9.17, 15) is 18.6 Å². The van der Waals surface area contributed by atoms with Crippen LogP contribution < -0.4 is 0 Å². The molecule has 1 fully saturated rings. The Kier molecular flexibility index (Phi) is 8.26. The smallest absolute Gasteiger partial charge is 0.339 e. The Morgan fingerprint density at radius 3 is 1.08 bits per heavy atom. The molecule has 0 aromatic rings. The summed E-state index contributed by atoms with van der Waals surface area (Å²) in [5, 5.41) is 0. The van der Waals surface area contributed by atoms with Crippen molar-refractivity contribution in [3.05, 3.63) is 0 Å². The Morgan fingerprint density at radius 2 is 0.875 bits per heavy atom. The predicted octanol–water partition coefficient (Wildman–Crippen LogP) is -0.966. The van der Waals surface area contributed by atoms with Crippen molar-refractivity contribution in [2.45, 2.75) is 0 Å². The van der Waals surface area contributed by atoms with E-state index >= 15 is 0 Å². The highest BCUT2D eigenvalue weighted by Crippen LogP contribution is 2.38. The normalized spacial score (nSPS) is 23.2. The van der Waals surface area contributed by atoms with Crippen LogP contribution in [0, 0.1) is 0 Å². The van der Waals surface area contributed by atoms with Gasteiger partial charge in [-0.2, -0.15) is 0 Å². The Labute approximate surface area is 141 Å². The third kappa shape index (κ3) is 11.1. The van der Waals surface area contributed by atoms with Crippen molar-refractivity contribution in [2.75, 3.05) is 64.8 Å². The van der Waals surface area contributed by atoms with Gasteiger partial charge in [0.2, 0.25) is 7.37 Å². The van der Waals surface area contributed by atoms with E-state index in [-0.39, 0.29) is 32.5 Å². The summed E-state index contributed by atoms with van der Waals surface area (Å²) in [5.41, 5.74) is 0. The van der Waals surface area contributed by atoms with Crippen LogP contribution in [-0.4, -0.2) is 104 Å². The lowest BCUT2D eigenvalue weighted by Gasteiger charge is -2.26. The summed E-state index contributed by atoms with van der Waals surface area (Å²) < 4.78 is 34.1. The molecule has 0 amide bonds. The maximum absolute atomic E-state index is 11.6. The summed E-state index contributed by atoms with van der Waals surface area (Å²) in [7, 11) is -11.9. The summed E-state index contributed by atoms with van der Waals surface area (Å²) >= 11 is 0. The lowest BCUT2D eigenvalue weighted by Crippen LogP contribution is -2.36. The van der Waals surface area contributed by atoms with Gasteiger partial charge in [0.05, 0.1) is 6.29 Å². The average molecular weight is 409 g/mol. The summed E-state index contributed by atoms with van der Waals surface area (Å²) in [4.78, 5) is 50.8. The highest BCUT2D eigenvalue weighted by molar-refractivity contribution is 7.57. The third-order valence-corrected chi connectivity index (χ3v) is 5.89. The van der Waals surface area contributed by atoms with Crippen LogP contribution in [0.15, 0.2) is 0 Å². The summed E-state index contributed by atoms with van der Waals surface area (Å²) in [6.07, 6.45) is -1.01. The molecule has 1 rings (SSSR count). The van der Waals surface area contributed by atoms with Gasteiger partial charge in [0, 0.05) is 45.9 Å². The van der Waals surface area contributed by atoms with Gasteiger partial charge >= 0.3 is 15.2 Å². The van der Waals surface area contributed by atoms with Crippen molar-refractivity contribution in [3.63, 3.8) is 0 Å². The standard InChI is InChI=1S/C10H26N3O8P3/c1-22(14,15)8-11-2-4-12(9-23(16,17)18)6-7-13(5-3-11)10-24(19,20)21/h2-10H2,1H3,(H,14,15)(H2,16,17,18)(H2,19,20,21). The first-order chi connectivity index (χ1) is 10.7. The Balaban J connectivity index is 2.84. The van der Waals surface area contributed by atoms with Crippen molar-refractivity contribution in [1.82, 2.24) is 14.7 Å².